The van der Waals surface area contributed by atoms with Gasteiger partial charge in [-0.2, -0.15) is 0 Å². The van der Waals surface area contributed by atoms with Gasteiger partial charge >= 0.3 is 5.97 Å². The third kappa shape index (κ3) is 4.78. The van der Waals surface area contributed by atoms with Gasteiger partial charge in [-0.05, 0) is 19.3 Å². The van der Waals surface area contributed by atoms with Gasteiger partial charge in [0.05, 0.1) is 18.5 Å². The van der Waals surface area contributed by atoms with Gasteiger partial charge in [0.15, 0.2) is 5.69 Å². The Labute approximate surface area is 99.7 Å². The monoisotopic (exact) mass is 239 g/mol. The van der Waals surface area contributed by atoms with E-state index in [4.69, 9.17) is 5.11 Å². The Hall–Kier alpha value is -1.69. The molecule has 17 heavy (non-hydrogen) atoms. The van der Waals surface area contributed by atoms with Crippen LogP contribution in [-0.4, -0.2) is 38.8 Å². The first-order valence-electron chi connectivity index (χ1n) is 5.60. The highest BCUT2D eigenvalue weighted by molar-refractivity contribution is 5.84. The van der Waals surface area contributed by atoms with Crippen molar-refractivity contribution in [2.45, 2.75) is 32.3 Å². The standard InChI is InChI=1S/C11H17N3O3/c1-2-8(15)4-3-5-12-10-7-13-9(6-14-10)11(16)17/h6-8,15H,2-5H2,1H3,(H,12,14)(H,16,17). The third-order valence-corrected chi connectivity index (χ3v) is 2.36. The fourth-order valence-corrected chi connectivity index (χ4v) is 1.29. The van der Waals surface area contributed by atoms with E-state index in [0.717, 1.165) is 19.3 Å². The summed E-state index contributed by atoms with van der Waals surface area (Å²) in [6, 6.07) is 0. The van der Waals surface area contributed by atoms with E-state index in [2.05, 4.69) is 15.3 Å². The predicted molar refractivity (Wildman–Crippen MR) is 63.0 cm³/mol. The molecule has 0 aliphatic carbocycles. The molecule has 3 N–H and O–H groups in total. The van der Waals surface area contributed by atoms with Gasteiger partial charge in [-0.3, -0.25) is 0 Å². The van der Waals surface area contributed by atoms with Crippen molar-refractivity contribution in [3.8, 4) is 0 Å². The van der Waals surface area contributed by atoms with E-state index >= 15 is 0 Å². The maximum Gasteiger partial charge on any atom is 0.356 e. The average molecular weight is 239 g/mol. The maximum absolute atomic E-state index is 10.5. The molecule has 6 nitrogen and oxygen atoms in total. The predicted octanol–water partition coefficient (Wildman–Crippen LogP) is 1.14. The van der Waals surface area contributed by atoms with Gasteiger partial charge in [0.1, 0.15) is 5.82 Å². The van der Waals surface area contributed by atoms with Gasteiger partial charge in [0.2, 0.25) is 0 Å². The molecule has 94 valence electrons. The van der Waals surface area contributed by atoms with Crippen molar-refractivity contribution >= 4 is 11.8 Å². The molecule has 1 heterocycles. The van der Waals surface area contributed by atoms with Crippen LogP contribution in [0.4, 0.5) is 5.82 Å². The Balaban J connectivity index is 2.30. The molecule has 0 bridgehead atoms. The number of nitrogens with one attached hydrogen (secondary N) is 1. The van der Waals surface area contributed by atoms with Gasteiger partial charge in [-0.25, -0.2) is 14.8 Å². The smallest absolute Gasteiger partial charge is 0.356 e. The number of aromatic carboxylic acids is 1. The van der Waals surface area contributed by atoms with Crippen LogP contribution in [0.1, 0.15) is 36.7 Å². The fraction of sp³-hybridized carbons (Fsp3) is 0.545. The second-order valence-electron chi connectivity index (χ2n) is 3.72. The molecule has 1 aromatic rings. The van der Waals surface area contributed by atoms with Crippen molar-refractivity contribution in [1.29, 1.82) is 0 Å². The molecule has 1 unspecified atom stereocenters. The summed E-state index contributed by atoms with van der Waals surface area (Å²) in [5, 5.41) is 21.0. The topological polar surface area (TPSA) is 95.3 Å². The summed E-state index contributed by atoms with van der Waals surface area (Å²) in [5.74, 6) is -0.545. The van der Waals surface area contributed by atoms with Crippen LogP contribution >= 0.6 is 0 Å². The third-order valence-electron chi connectivity index (χ3n) is 2.36. The van der Waals surface area contributed by atoms with E-state index in [1.807, 2.05) is 6.92 Å². The number of rotatable bonds is 7. The van der Waals surface area contributed by atoms with Crippen LogP contribution in [0.2, 0.25) is 0 Å². The first-order valence-corrected chi connectivity index (χ1v) is 5.60. The van der Waals surface area contributed by atoms with Crippen molar-refractivity contribution in [3.63, 3.8) is 0 Å². The summed E-state index contributed by atoms with van der Waals surface area (Å²) >= 11 is 0. The number of anilines is 1. The summed E-state index contributed by atoms with van der Waals surface area (Å²) in [7, 11) is 0. The number of hydrogen-bond donors (Lipinski definition) is 3. The molecule has 1 aromatic heterocycles. The Morgan fingerprint density at radius 3 is 2.76 bits per heavy atom. The van der Waals surface area contributed by atoms with Crippen LogP contribution in [0, 0.1) is 0 Å². The molecule has 1 rings (SSSR count). The van der Waals surface area contributed by atoms with E-state index < -0.39 is 5.97 Å². The number of aliphatic hydroxyl groups excluding tert-OH is 1. The Morgan fingerprint density at radius 2 is 2.24 bits per heavy atom. The van der Waals surface area contributed by atoms with Crippen LogP contribution in [0.25, 0.3) is 0 Å². The molecule has 0 saturated heterocycles. The van der Waals surface area contributed by atoms with Crippen LogP contribution in [0.15, 0.2) is 12.4 Å². The highest BCUT2D eigenvalue weighted by Crippen LogP contribution is 2.04. The van der Waals surface area contributed by atoms with Crippen LogP contribution < -0.4 is 5.32 Å². The summed E-state index contributed by atoms with van der Waals surface area (Å²) in [6.07, 6.45) is 4.68. The van der Waals surface area contributed by atoms with Crippen molar-refractivity contribution in [2.75, 3.05) is 11.9 Å². The number of aromatic nitrogens is 2. The van der Waals surface area contributed by atoms with Gasteiger partial charge in [-0.1, -0.05) is 6.92 Å². The number of nitrogens with zero attached hydrogens (tertiary/aromatic N) is 2. The van der Waals surface area contributed by atoms with Gasteiger partial charge in [0, 0.05) is 6.54 Å². The lowest BCUT2D eigenvalue weighted by Gasteiger charge is -2.08. The molecule has 0 fully saturated rings. The summed E-state index contributed by atoms with van der Waals surface area (Å²) < 4.78 is 0. The first kappa shape index (κ1) is 13.4. The largest absolute Gasteiger partial charge is 0.476 e. The minimum atomic E-state index is -1.09. The van der Waals surface area contributed by atoms with E-state index in [-0.39, 0.29) is 11.8 Å². The summed E-state index contributed by atoms with van der Waals surface area (Å²) in [4.78, 5) is 18.2. The lowest BCUT2D eigenvalue weighted by Crippen LogP contribution is -2.10. The lowest BCUT2D eigenvalue weighted by atomic mass is 10.1. The van der Waals surface area contributed by atoms with E-state index in [1.54, 1.807) is 0 Å². The molecule has 0 radical (unpaired) electrons. The normalized spacial score (nSPS) is 12.1. The number of aliphatic hydroxyl groups is 1. The zero-order chi connectivity index (χ0) is 12.7. The second-order valence-corrected chi connectivity index (χ2v) is 3.72. The molecule has 0 aliphatic heterocycles. The van der Waals surface area contributed by atoms with E-state index in [1.165, 1.54) is 12.4 Å². The maximum atomic E-state index is 10.5. The highest BCUT2D eigenvalue weighted by Gasteiger charge is 2.04. The summed E-state index contributed by atoms with van der Waals surface area (Å²) in [5.41, 5.74) is -0.0723. The Kier molecular flexibility index (Phi) is 5.35. The number of hydrogen-bond acceptors (Lipinski definition) is 5. The number of carboxylic acids is 1. The SMILES string of the molecule is CCC(O)CCCNc1cnc(C(=O)O)cn1. The van der Waals surface area contributed by atoms with Crippen molar-refractivity contribution in [1.82, 2.24) is 9.97 Å². The molecular weight excluding hydrogens is 222 g/mol. The minimum Gasteiger partial charge on any atom is -0.476 e. The van der Waals surface area contributed by atoms with Crippen LogP contribution in [-0.2, 0) is 0 Å². The first-order chi connectivity index (χ1) is 8.13. The number of carboxylic acid groups (broad SMARTS) is 1. The van der Waals surface area contributed by atoms with Crippen LogP contribution in [0.5, 0.6) is 0 Å². The van der Waals surface area contributed by atoms with E-state index in [9.17, 15) is 9.90 Å². The Morgan fingerprint density at radius 1 is 1.47 bits per heavy atom. The van der Waals surface area contributed by atoms with Crippen LogP contribution in [0.3, 0.4) is 0 Å². The Bertz CT molecular complexity index is 353. The molecule has 0 spiro atoms. The quantitative estimate of drug-likeness (QED) is 0.617. The van der Waals surface area contributed by atoms with E-state index in [0.29, 0.717) is 12.4 Å². The zero-order valence-electron chi connectivity index (χ0n) is 9.76. The fourth-order valence-electron chi connectivity index (χ4n) is 1.29. The second kappa shape index (κ2) is 6.80. The van der Waals surface area contributed by atoms with Gasteiger partial charge in [-0.15, -0.1) is 0 Å². The number of carbonyl (C=O) groups is 1. The molecule has 0 saturated carbocycles. The minimum absolute atomic E-state index is 0.0723. The molecule has 0 aromatic carbocycles. The van der Waals surface area contributed by atoms with Crippen molar-refractivity contribution in [2.24, 2.45) is 0 Å². The summed E-state index contributed by atoms with van der Waals surface area (Å²) in [6.45, 7) is 2.62. The molecular formula is C11H17N3O3. The molecule has 1 atom stereocenters. The molecule has 0 amide bonds. The highest BCUT2D eigenvalue weighted by atomic mass is 16.4. The lowest BCUT2D eigenvalue weighted by molar-refractivity contribution is 0.0690. The zero-order valence-corrected chi connectivity index (χ0v) is 9.76. The van der Waals surface area contributed by atoms with Crippen molar-refractivity contribution in [3.05, 3.63) is 18.1 Å². The molecule has 0 aliphatic rings. The molecule has 6 heteroatoms. The van der Waals surface area contributed by atoms with Crippen molar-refractivity contribution < 1.29 is 15.0 Å². The average Bonchev–Trinajstić information content (AvgIpc) is 2.34. The van der Waals surface area contributed by atoms with Gasteiger partial charge in [0.25, 0.3) is 0 Å². The van der Waals surface area contributed by atoms with Gasteiger partial charge < -0.3 is 15.5 Å².